The Morgan fingerprint density at radius 3 is 3.10 bits per heavy atom. The summed E-state index contributed by atoms with van der Waals surface area (Å²) in [6.45, 7) is 0.983. The average molecular weight is 281 g/mol. The van der Waals surface area contributed by atoms with Crippen molar-refractivity contribution >= 4 is 22.5 Å². The van der Waals surface area contributed by atoms with Crippen LogP contribution < -0.4 is 10.6 Å². The molecule has 1 aliphatic heterocycles. The average Bonchev–Trinajstić information content (AvgIpc) is 3.10. The fourth-order valence-corrected chi connectivity index (χ4v) is 3.89. The fraction of sp³-hybridized carbons (Fsp3) is 0.412. The number of pyridine rings is 1. The summed E-state index contributed by atoms with van der Waals surface area (Å²) < 4.78 is 0. The molecule has 21 heavy (non-hydrogen) atoms. The van der Waals surface area contributed by atoms with Crippen LogP contribution in [0.1, 0.15) is 19.3 Å². The lowest BCUT2D eigenvalue weighted by Gasteiger charge is -2.18. The van der Waals surface area contributed by atoms with E-state index in [4.69, 9.17) is 0 Å². The minimum Gasteiger partial charge on any atom is -0.323 e. The molecular weight excluding hydrogens is 262 g/mol. The van der Waals surface area contributed by atoms with Gasteiger partial charge in [0.1, 0.15) is 0 Å². The number of carbonyl (C=O) groups excluding carboxylic acids is 1. The highest BCUT2D eigenvalue weighted by atomic mass is 16.2. The summed E-state index contributed by atoms with van der Waals surface area (Å²) in [5.74, 6) is 1.28. The molecule has 1 saturated heterocycles. The Balaban J connectivity index is 1.58. The maximum Gasteiger partial charge on any atom is 0.241 e. The highest BCUT2D eigenvalue weighted by Crippen LogP contribution is 2.38. The quantitative estimate of drug-likeness (QED) is 0.889. The van der Waals surface area contributed by atoms with E-state index in [2.05, 4.69) is 15.6 Å². The van der Waals surface area contributed by atoms with E-state index in [1.54, 1.807) is 6.20 Å². The van der Waals surface area contributed by atoms with Crippen LogP contribution in [-0.4, -0.2) is 23.5 Å². The van der Waals surface area contributed by atoms with Crippen LogP contribution in [0.15, 0.2) is 36.5 Å². The molecule has 3 unspecified atom stereocenters. The van der Waals surface area contributed by atoms with Gasteiger partial charge in [-0.15, -0.1) is 0 Å². The molecule has 2 heterocycles. The van der Waals surface area contributed by atoms with Crippen LogP contribution in [-0.2, 0) is 4.79 Å². The van der Waals surface area contributed by atoms with Crippen molar-refractivity contribution in [2.75, 3.05) is 11.9 Å². The van der Waals surface area contributed by atoms with Gasteiger partial charge < -0.3 is 10.6 Å². The van der Waals surface area contributed by atoms with E-state index in [1.807, 2.05) is 30.3 Å². The summed E-state index contributed by atoms with van der Waals surface area (Å²) in [7, 11) is 0. The van der Waals surface area contributed by atoms with E-state index in [0.29, 0.717) is 11.8 Å². The molecule has 2 N–H and O–H groups in total. The van der Waals surface area contributed by atoms with Gasteiger partial charge in [-0.1, -0.05) is 24.6 Å². The Hall–Kier alpha value is -1.94. The molecule has 108 valence electrons. The molecule has 1 aromatic carbocycles. The second kappa shape index (κ2) is 5.11. The van der Waals surface area contributed by atoms with Crippen LogP contribution in [0, 0.1) is 11.8 Å². The SMILES string of the molecule is O=C(Nc1cccc2cccnc12)C1NCC2CCCC21. The van der Waals surface area contributed by atoms with E-state index in [1.165, 1.54) is 19.3 Å². The van der Waals surface area contributed by atoms with E-state index in [-0.39, 0.29) is 11.9 Å². The van der Waals surface area contributed by atoms with Gasteiger partial charge in [0.2, 0.25) is 5.91 Å². The summed E-state index contributed by atoms with van der Waals surface area (Å²) in [4.78, 5) is 17.0. The van der Waals surface area contributed by atoms with Crippen molar-refractivity contribution in [2.24, 2.45) is 11.8 Å². The normalized spacial score (nSPS) is 27.7. The number of carbonyl (C=O) groups is 1. The summed E-state index contributed by atoms with van der Waals surface area (Å²) in [5.41, 5.74) is 1.66. The first kappa shape index (κ1) is 12.8. The van der Waals surface area contributed by atoms with Crippen molar-refractivity contribution in [2.45, 2.75) is 25.3 Å². The Kier molecular flexibility index (Phi) is 3.11. The van der Waals surface area contributed by atoms with Gasteiger partial charge in [-0.25, -0.2) is 0 Å². The molecule has 4 heteroatoms. The molecule has 2 fully saturated rings. The number of benzene rings is 1. The van der Waals surface area contributed by atoms with Crippen LogP contribution in [0.3, 0.4) is 0 Å². The summed E-state index contributed by atoms with van der Waals surface area (Å²) in [6, 6.07) is 9.78. The Morgan fingerprint density at radius 1 is 1.24 bits per heavy atom. The lowest BCUT2D eigenvalue weighted by atomic mass is 9.93. The van der Waals surface area contributed by atoms with E-state index in [0.717, 1.165) is 23.1 Å². The monoisotopic (exact) mass is 281 g/mol. The van der Waals surface area contributed by atoms with Crippen molar-refractivity contribution in [3.8, 4) is 0 Å². The molecule has 2 aromatic rings. The Morgan fingerprint density at radius 2 is 2.14 bits per heavy atom. The number of para-hydroxylation sites is 1. The number of hydrogen-bond donors (Lipinski definition) is 2. The molecule has 1 aromatic heterocycles. The summed E-state index contributed by atoms with van der Waals surface area (Å²) >= 11 is 0. The number of hydrogen-bond acceptors (Lipinski definition) is 3. The molecule has 0 radical (unpaired) electrons. The summed E-state index contributed by atoms with van der Waals surface area (Å²) in [5, 5.41) is 7.52. The molecule has 1 amide bonds. The first-order valence-electron chi connectivity index (χ1n) is 7.71. The number of rotatable bonds is 2. The number of anilines is 1. The third-order valence-corrected chi connectivity index (χ3v) is 4.92. The van der Waals surface area contributed by atoms with Crippen LogP contribution in [0.5, 0.6) is 0 Å². The highest BCUT2D eigenvalue weighted by molar-refractivity contribution is 6.02. The zero-order valence-corrected chi connectivity index (χ0v) is 11.9. The zero-order valence-electron chi connectivity index (χ0n) is 11.9. The molecule has 2 aliphatic rings. The highest BCUT2D eigenvalue weighted by Gasteiger charge is 2.42. The number of fused-ring (bicyclic) bond motifs is 2. The predicted molar refractivity (Wildman–Crippen MR) is 83.0 cm³/mol. The standard InChI is InChI=1S/C17H19N3O/c21-17(16-13-7-1-5-12(13)10-19-16)20-14-8-2-4-11-6-3-9-18-15(11)14/h2-4,6,8-9,12-13,16,19H,1,5,7,10H2,(H,20,21). The first-order chi connectivity index (χ1) is 10.3. The predicted octanol–water partition coefficient (Wildman–Crippen LogP) is 2.56. The fourth-order valence-electron chi connectivity index (χ4n) is 3.89. The minimum absolute atomic E-state index is 0.0449. The molecule has 1 saturated carbocycles. The smallest absolute Gasteiger partial charge is 0.241 e. The van der Waals surface area contributed by atoms with Crippen molar-refractivity contribution < 1.29 is 4.79 Å². The van der Waals surface area contributed by atoms with Crippen molar-refractivity contribution in [1.82, 2.24) is 10.3 Å². The van der Waals surface area contributed by atoms with Crippen LogP contribution in [0.25, 0.3) is 10.9 Å². The minimum atomic E-state index is -0.0449. The molecule has 3 atom stereocenters. The van der Waals surface area contributed by atoms with Gasteiger partial charge >= 0.3 is 0 Å². The van der Waals surface area contributed by atoms with Crippen LogP contribution in [0.4, 0.5) is 5.69 Å². The molecule has 0 bridgehead atoms. The summed E-state index contributed by atoms with van der Waals surface area (Å²) in [6.07, 6.45) is 5.45. The van der Waals surface area contributed by atoms with Gasteiger partial charge in [-0.3, -0.25) is 9.78 Å². The maximum atomic E-state index is 12.6. The Bertz CT molecular complexity index is 679. The molecule has 0 spiro atoms. The molecule has 4 nitrogen and oxygen atoms in total. The van der Waals surface area contributed by atoms with E-state index in [9.17, 15) is 4.79 Å². The molecule has 4 rings (SSSR count). The van der Waals surface area contributed by atoms with Gasteiger partial charge in [-0.05, 0) is 43.4 Å². The topological polar surface area (TPSA) is 54.0 Å². The number of nitrogens with one attached hydrogen (secondary N) is 2. The lowest BCUT2D eigenvalue weighted by Crippen LogP contribution is -2.39. The molecular formula is C17H19N3O. The zero-order chi connectivity index (χ0) is 14.2. The van der Waals surface area contributed by atoms with Gasteiger partial charge in [0.15, 0.2) is 0 Å². The first-order valence-corrected chi connectivity index (χ1v) is 7.71. The maximum absolute atomic E-state index is 12.6. The van der Waals surface area contributed by atoms with Gasteiger partial charge in [0.05, 0.1) is 17.2 Å². The third-order valence-electron chi connectivity index (χ3n) is 4.92. The second-order valence-corrected chi connectivity index (χ2v) is 6.11. The largest absolute Gasteiger partial charge is 0.323 e. The number of aromatic nitrogens is 1. The van der Waals surface area contributed by atoms with E-state index < -0.39 is 0 Å². The van der Waals surface area contributed by atoms with Crippen LogP contribution >= 0.6 is 0 Å². The van der Waals surface area contributed by atoms with Gasteiger partial charge in [-0.2, -0.15) is 0 Å². The van der Waals surface area contributed by atoms with Crippen molar-refractivity contribution in [1.29, 1.82) is 0 Å². The second-order valence-electron chi connectivity index (χ2n) is 6.11. The Labute approximate surface area is 124 Å². The number of nitrogens with zero attached hydrogens (tertiary/aromatic N) is 1. The van der Waals surface area contributed by atoms with Gasteiger partial charge in [0, 0.05) is 11.6 Å². The van der Waals surface area contributed by atoms with Gasteiger partial charge in [0.25, 0.3) is 0 Å². The van der Waals surface area contributed by atoms with E-state index >= 15 is 0 Å². The number of amides is 1. The lowest BCUT2D eigenvalue weighted by molar-refractivity contribution is -0.118. The van der Waals surface area contributed by atoms with Crippen molar-refractivity contribution in [3.05, 3.63) is 36.5 Å². The van der Waals surface area contributed by atoms with Crippen LogP contribution in [0.2, 0.25) is 0 Å². The molecule has 1 aliphatic carbocycles. The van der Waals surface area contributed by atoms with Crippen molar-refractivity contribution in [3.63, 3.8) is 0 Å². The third kappa shape index (κ3) is 2.20.